The Bertz CT molecular complexity index is 789. The molecule has 0 heterocycles. The van der Waals surface area contributed by atoms with E-state index in [2.05, 4.69) is 5.32 Å². The summed E-state index contributed by atoms with van der Waals surface area (Å²) in [6.07, 6.45) is 2.84. The molecule has 0 aromatic heterocycles. The third-order valence-electron chi connectivity index (χ3n) is 3.31. The van der Waals surface area contributed by atoms with Gasteiger partial charge in [0.05, 0.1) is 11.5 Å². The zero-order chi connectivity index (χ0) is 18.8. The van der Waals surface area contributed by atoms with Crippen molar-refractivity contribution in [2.24, 2.45) is 0 Å². The van der Waals surface area contributed by atoms with Gasteiger partial charge in [-0.25, -0.2) is 0 Å². The number of ether oxygens (including phenoxy) is 2. The first-order valence-electron chi connectivity index (χ1n) is 8.12. The second kappa shape index (κ2) is 9.95. The van der Waals surface area contributed by atoms with Crippen LogP contribution in [0.4, 0.5) is 11.4 Å². The molecular weight excluding hydrogens is 336 g/mol. The van der Waals surface area contributed by atoms with E-state index in [1.165, 1.54) is 24.3 Å². The van der Waals surface area contributed by atoms with Crippen LogP contribution in [0.2, 0.25) is 0 Å². The zero-order valence-electron chi connectivity index (χ0n) is 14.4. The van der Waals surface area contributed by atoms with Crippen molar-refractivity contribution in [2.75, 3.05) is 25.1 Å². The van der Waals surface area contributed by atoms with Crippen molar-refractivity contribution in [1.29, 1.82) is 0 Å². The molecule has 0 fully saturated rings. The van der Waals surface area contributed by atoms with E-state index in [-0.39, 0.29) is 11.6 Å². The summed E-state index contributed by atoms with van der Waals surface area (Å²) in [5.41, 5.74) is 1.14. The summed E-state index contributed by atoms with van der Waals surface area (Å²) in [5, 5.41) is 13.5. The van der Waals surface area contributed by atoms with E-state index in [0.29, 0.717) is 36.8 Å². The highest BCUT2D eigenvalue weighted by Crippen LogP contribution is 2.18. The summed E-state index contributed by atoms with van der Waals surface area (Å²) >= 11 is 0. The normalized spacial score (nSPS) is 10.7. The third-order valence-corrected chi connectivity index (χ3v) is 3.31. The Hall–Kier alpha value is -3.19. The highest BCUT2D eigenvalue weighted by atomic mass is 16.6. The lowest BCUT2D eigenvalue weighted by atomic mass is 10.2. The summed E-state index contributed by atoms with van der Waals surface area (Å²) in [4.78, 5) is 22.3. The van der Waals surface area contributed by atoms with Crippen LogP contribution in [-0.4, -0.2) is 30.7 Å². The predicted molar refractivity (Wildman–Crippen MR) is 99.2 cm³/mol. The average Bonchev–Trinajstić information content (AvgIpc) is 2.64. The van der Waals surface area contributed by atoms with E-state index in [4.69, 9.17) is 9.47 Å². The standard InChI is InChI=1S/C19H20N2O5/c1-2-25-11-12-26-18-8-4-6-16(14-18)20-19(22)10-9-15-5-3-7-17(13-15)21(23)24/h3-10,13-14H,2,11-12H2,1H3,(H,20,22)/b10-9+. The van der Waals surface area contributed by atoms with Gasteiger partial charge in [-0.15, -0.1) is 0 Å². The highest BCUT2D eigenvalue weighted by molar-refractivity contribution is 6.02. The highest BCUT2D eigenvalue weighted by Gasteiger charge is 2.04. The van der Waals surface area contributed by atoms with Gasteiger partial charge in [-0.3, -0.25) is 14.9 Å². The van der Waals surface area contributed by atoms with E-state index >= 15 is 0 Å². The van der Waals surface area contributed by atoms with Crippen LogP contribution in [0, 0.1) is 10.1 Å². The Labute approximate surface area is 151 Å². The van der Waals surface area contributed by atoms with E-state index in [0.717, 1.165) is 0 Å². The first-order valence-corrected chi connectivity index (χ1v) is 8.12. The van der Waals surface area contributed by atoms with Gasteiger partial charge >= 0.3 is 0 Å². The van der Waals surface area contributed by atoms with Crippen LogP contribution in [-0.2, 0) is 9.53 Å². The summed E-state index contributed by atoms with van der Waals surface area (Å²) in [6, 6.07) is 13.1. The number of nitro benzene ring substituents is 1. The number of nitro groups is 1. The van der Waals surface area contributed by atoms with Crippen LogP contribution in [0.1, 0.15) is 12.5 Å². The second-order valence-corrected chi connectivity index (χ2v) is 5.25. The van der Waals surface area contributed by atoms with Crippen molar-refractivity contribution in [2.45, 2.75) is 6.92 Å². The van der Waals surface area contributed by atoms with Gasteiger partial charge in [-0.2, -0.15) is 0 Å². The lowest BCUT2D eigenvalue weighted by molar-refractivity contribution is -0.384. The third kappa shape index (κ3) is 6.37. The van der Waals surface area contributed by atoms with Gasteiger partial charge in [0.2, 0.25) is 5.91 Å². The van der Waals surface area contributed by atoms with Gasteiger partial charge < -0.3 is 14.8 Å². The molecule has 136 valence electrons. The average molecular weight is 356 g/mol. The van der Waals surface area contributed by atoms with Gasteiger partial charge in [0.25, 0.3) is 5.69 Å². The number of nitrogens with zero attached hydrogens (tertiary/aromatic N) is 1. The van der Waals surface area contributed by atoms with E-state index in [1.807, 2.05) is 6.92 Å². The first-order chi connectivity index (χ1) is 12.6. The summed E-state index contributed by atoms with van der Waals surface area (Å²) in [7, 11) is 0. The monoisotopic (exact) mass is 356 g/mol. The molecule has 0 aliphatic carbocycles. The second-order valence-electron chi connectivity index (χ2n) is 5.25. The van der Waals surface area contributed by atoms with Crippen LogP contribution in [0.5, 0.6) is 5.75 Å². The molecule has 0 saturated carbocycles. The Morgan fingerprint density at radius 3 is 2.77 bits per heavy atom. The lowest BCUT2D eigenvalue weighted by Gasteiger charge is -2.08. The molecule has 1 N–H and O–H groups in total. The molecule has 7 heteroatoms. The van der Waals surface area contributed by atoms with E-state index in [9.17, 15) is 14.9 Å². The molecule has 0 aliphatic rings. The summed E-state index contributed by atoms with van der Waals surface area (Å²) in [5.74, 6) is 0.285. The number of carbonyl (C=O) groups excluding carboxylic acids is 1. The van der Waals surface area contributed by atoms with Gasteiger partial charge in [0, 0.05) is 36.6 Å². The molecule has 1 amide bonds. The number of benzene rings is 2. The lowest BCUT2D eigenvalue weighted by Crippen LogP contribution is -2.09. The number of anilines is 1. The predicted octanol–water partition coefficient (Wildman–Crippen LogP) is 3.66. The van der Waals surface area contributed by atoms with Crippen LogP contribution in [0.25, 0.3) is 6.08 Å². The minimum absolute atomic E-state index is 0.0236. The number of hydrogen-bond donors (Lipinski definition) is 1. The maximum absolute atomic E-state index is 12.0. The van der Waals surface area contributed by atoms with Crippen LogP contribution in [0.15, 0.2) is 54.6 Å². The van der Waals surface area contributed by atoms with Crippen molar-refractivity contribution in [1.82, 2.24) is 0 Å². The number of nitrogens with one attached hydrogen (secondary N) is 1. The SMILES string of the molecule is CCOCCOc1cccc(NC(=O)/C=C/c2cccc([N+](=O)[O-])c2)c1. The maximum atomic E-state index is 12.0. The largest absolute Gasteiger partial charge is 0.491 e. The number of hydrogen-bond acceptors (Lipinski definition) is 5. The number of non-ortho nitro benzene ring substituents is 1. The topological polar surface area (TPSA) is 90.7 Å². The maximum Gasteiger partial charge on any atom is 0.270 e. The molecule has 2 rings (SSSR count). The number of rotatable bonds is 9. The molecule has 2 aromatic carbocycles. The Balaban J connectivity index is 1.93. The number of carbonyl (C=O) groups is 1. The van der Waals surface area contributed by atoms with Gasteiger partial charge in [-0.1, -0.05) is 18.2 Å². The minimum atomic E-state index is -0.478. The number of amides is 1. The summed E-state index contributed by atoms with van der Waals surface area (Å²) in [6.45, 7) is 3.48. The molecule has 7 nitrogen and oxygen atoms in total. The Morgan fingerprint density at radius 2 is 2.00 bits per heavy atom. The summed E-state index contributed by atoms with van der Waals surface area (Å²) < 4.78 is 10.7. The van der Waals surface area contributed by atoms with Crippen molar-refractivity contribution >= 4 is 23.4 Å². The smallest absolute Gasteiger partial charge is 0.270 e. The van der Waals surface area contributed by atoms with E-state index in [1.54, 1.807) is 36.4 Å². The van der Waals surface area contributed by atoms with Crippen molar-refractivity contribution in [3.05, 3.63) is 70.3 Å². The van der Waals surface area contributed by atoms with Gasteiger partial charge in [0.15, 0.2) is 0 Å². The molecule has 0 unspecified atom stereocenters. The molecule has 0 saturated heterocycles. The molecule has 0 aliphatic heterocycles. The van der Waals surface area contributed by atoms with Crippen LogP contribution < -0.4 is 10.1 Å². The van der Waals surface area contributed by atoms with Crippen molar-refractivity contribution in [3.63, 3.8) is 0 Å². The van der Waals surface area contributed by atoms with Gasteiger partial charge in [0.1, 0.15) is 12.4 Å². The fourth-order valence-corrected chi connectivity index (χ4v) is 2.12. The Morgan fingerprint density at radius 1 is 1.19 bits per heavy atom. The van der Waals surface area contributed by atoms with Crippen molar-refractivity contribution < 1.29 is 19.2 Å². The molecule has 0 radical (unpaired) electrons. The minimum Gasteiger partial charge on any atom is -0.491 e. The first kappa shape index (κ1) is 19.1. The molecular formula is C19H20N2O5. The zero-order valence-corrected chi connectivity index (χ0v) is 14.4. The quantitative estimate of drug-likeness (QED) is 0.320. The van der Waals surface area contributed by atoms with Gasteiger partial charge in [-0.05, 0) is 30.7 Å². The molecule has 2 aromatic rings. The van der Waals surface area contributed by atoms with Crippen LogP contribution in [0.3, 0.4) is 0 Å². The molecule has 0 bridgehead atoms. The van der Waals surface area contributed by atoms with Crippen LogP contribution >= 0.6 is 0 Å². The Kier molecular flexibility index (Phi) is 7.32. The molecule has 26 heavy (non-hydrogen) atoms. The van der Waals surface area contributed by atoms with E-state index < -0.39 is 4.92 Å². The fraction of sp³-hybridized carbons (Fsp3) is 0.211. The molecule has 0 atom stereocenters. The van der Waals surface area contributed by atoms with Crippen molar-refractivity contribution in [3.8, 4) is 5.75 Å². The fourth-order valence-electron chi connectivity index (χ4n) is 2.12. The molecule has 0 spiro atoms.